The van der Waals surface area contributed by atoms with Crippen molar-refractivity contribution in [2.75, 3.05) is 12.8 Å². The summed E-state index contributed by atoms with van der Waals surface area (Å²) in [5, 5.41) is 4.25. The smallest absolute Gasteiger partial charge is 0.118 e. The zero-order valence-electron chi connectivity index (χ0n) is 6.58. The van der Waals surface area contributed by atoms with E-state index in [1.165, 1.54) is 0 Å². The van der Waals surface area contributed by atoms with Gasteiger partial charge in [0.05, 0.1) is 12.8 Å². The van der Waals surface area contributed by atoms with Crippen LogP contribution in [0.5, 0.6) is 0 Å². The number of hydrogen-bond acceptors (Lipinski definition) is 6. The van der Waals surface area contributed by atoms with Crippen LogP contribution in [0.3, 0.4) is 0 Å². The maximum absolute atomic E-state index is 5.24. The van der Waals surface area contributed by atoms with Crippen LogP contribution in [-0.4, -0.2) is 28.9 Å². The molecule has 0 saturated carbocycles. The molecule has 0 aromatic heterocycles. The van der Waals surface area contributed by atoms with Crippen molar-refractivity contribution in [2.24, 2.45) is 17.2 Å². The van der Waals surface area contributed by atoms with Gasteiger partial charge in [-0.1, -0.05) is 5.04 Å². The van der Waals surface area contributed by atoms with Crippen molar-refractivity contribution < 1.29 is 14.8 Å². The van der Waals surface area contributed by atoms with Gasteiger partial charge in [0, 0.05) is 16.7 Å². The first kappa shape index (κ1) is 11.0. The molecule has 0 saturated heterocycles. The summed E-state index contributed by atoms with van der Waals surface area (Å²) in [7, 11) is 0.897. The Morgan fingerprint density at radius 3 is 2.27 bits per heavy atom. The van der Waals surface area contributed by atoms with Crippen LogP contribution in [0.25, 0.3) is 0 Å². The Kier molecular flexibility index (Phi) is 5.59. The zero-order valence-corrected chi connectivity index (χ0v) is 8.58. The molecule has 68 valence electrons. The molecule has 0 rings (SSSR count). The third-order valence-electron chi connectivity index (χ3n) is 0.832. The van der Waals surface area contributed by atoms with E-state index in [9.17, 15) is 0 Å². The summed E-state index contributed by atoms with van der Waals surface area (Å²) in [5.74, 6) is -1.20. The lowest BCUT2D eigenvalue weighted by Crippen LogP contribution is -2.58. The van der Waals surface area contributed by atoms with Crippen LogP contribution in [-0.2, 0) is 14.8 Å². The maximum Gasteiger partial charge on any atom is 0.118 e. The van der Waals surface area contributed by atoms with Gasteiger partial charge in [-0.25, -0.2) is 9.78 Å². The molecule has 0 radical (unpaired) electrons. The first-order chi connectivity index (χ1) is 5.06. The second-order valence-corrected chi connectivity index (χ2v) is 2.74. The highest BCUT2D eigenvalue weighted by Crippen LogP contribution is 1.90. The lowest BCUT2D eigenvalue weighted by atomic mass is 10.3. The molecule has 0 bridgehead atoms. The summed E-state index contributed by atoms with van der Waals surface area (Å²) in [5.41, 5.74) is 15.7. The van der Waals surface area contributed by atoms with Crippen molar-refractivity contribution in [1.29, 1.82) is 0 Å². The Bertz CT molecular complexity index is 97.1. The van der Waals surface area contributed by atoms with E-state index >= 15 is 0 Å². The molecular weight excluding hydrogens is 166 g/mol. The van der Waals surface area contributed by atoms with Crippen LogP contribution in [0.4, 0.5) is 0 Å². The second kappa shape index (κ2) is 5.60. The van der Waals surface area contributed by atoms with Gasteiger partial charge in [0.15, 0.2) is 0 Å². The predicted molar refractivity (Wildman–Crippen MR) is 42.8 cm³/mol. The summed E-state index contributed by atoms with van der Waals surface area (Å²) in [6, 6.07) is 0. The summed E-state index contributed by atoms with van der Waals surface area (Å²) in [6.45, 7) is 0.213. The fraction of sp³-hybridized carbons (Fsp3) is 1.00. The Balaban J connectivity index is 3.02. The largest absolute Gasteiger partial charge is 0.301 e. The van der Waals surface area contributed by atoms with E-state index in [0.717, 1.165) is 10.2 Å². The molecular formula is C4H15N3O3Si. The predicted octanol–water partition coefficient (Wildman–Crippen LogP) is -2.89. The van der Waals surface area contributed by atoms with E-state index in [0.29, 0.717) is 12.7 Å². The summed E-state index contributed by atoms with van der Waals surface area (Å²) < 4.78 is 0. The van der Waals surface area contributed by atoms with E-state index < -0.39 is 5.79 Å². The minimum absolute atomic E-state index is 0.213. The summed E-state index contributed by atoms with van der Waals surface area (Å²) >= 11 is 0. The molecule has 0 spiro atoms. The molecule has 0 fully saturated rings. The van der Waals surface area contributed by atoms with Crippen molar-refractivity contribution in [3.63, 3.8) is 0 Å². The fourth-order valence-corrected chi connectivity index (χ4v) is 0.431. The molecule has 6 nitrogen and oxygen atoms in total. The quantitative estimate of drug-likeness (QED) is 0.133. The summed E-state index contributed by atoms with van der Waals surface area (Å²) in [4.78, 5) is 8.98. The van der Waals surface area contributed by atoms with Gasteiger partial charge in [0.2, 0.25) is 0 Å². The molecule has 0 amide bonds. The highest BCUT2D eigenvalue weighted by Gasteiger charge is 2.10. The SMILES string of the molecule is NC(N)(N)CCOOOC[SiH3]. The van der Waals surface area contributed by atoms with Gasteiger partial charge < -0.3 is 17.2 Å². The van der Waals surface area contributed by atoms with Crippen molar-refractivity contribution in [2.45, 2.75) is 12.2 Å². The van der Waals surface area contributed by atoms with Gasteiger partial charge in [0.25, 0.3) is 0 Å². The van der Waals surface area contributed by atoms with Crippen LogP contribution < -0.4 is 17.2 Å². The molecule has 11 heavy (non-hydrogen) atoms. The van der Waals surface area contributed by atoms with Crippen LogP contribution in [0, 0.1) is 0 Å². The number of rotatable bonds is 6. The Labute approximate surface area is 68.2 Å². The molecule has 0 unspecified atom stereocenters. The van der Waals surface area contributed by atoms with Gasteiger partial charge in [0.1, 0.15) is 5.79 Å². The highest BCUT2D eigenvalue weighted by atomic mass is 28.1. The van der Waals surface area contributed by atoms with Gasteiger partial charge in [-0.2, -0.15) is 0 Å². The molecule has 0 aliphatic heterocycles. The number of hydrogen-bond donors (Lipinski definition) is 3. The van der Waals surface area contributed by atoms with Crippen molar-refractivity contribution in [3.05, 3.63) is 0 Å². The third kappa shape index (κ3) is 9.98. The fourth-order valence-electron chi connectivity index (χ4n) is 0.335. The van der Waals surface area contributed by atoms with Crippen molar-refractivity contribution >= 4 is 10.2 Å². The molecule has 0 heterocycles. The third-order valence-corrected chi connectivity index (χ3v) is 1.07. The van der Waals surface area contributed by atoms with Crippen LogP contribution in [0.1, 0.15) is 6.42 Å². The minimum atomic E-state index is -1.20. The Morgan fingerprint density at radius 2 is 1.82 bits per heavy atom. The van der Waals surface area contributed by atoms with Gasteiger partial charge >= 0.3 is 0 Å². The highest BCUT2D eigenvalue weighted by molar-refractivity contribution is 6.08. The van der Waals surface area contributed by atoms with Crippen LogP contribution in [0.15, 0.2) is 0 Å². The zero-order chi connectivity index (χ0) is 8.74. The second-order valence-electron chi connectivity index (χ2n) is 2.16. The van der Waals surface area contributed by atoms with E-state index in [1.54, 1.807) is 0 Å². The first-order valence-electron chi connectivity index (χ1n) is 3.34. The van der Waals surface area contributed by atoms with E-state index in [1.807, 2.05) is 0 Å². The number of nitrogens with two attached hydrogens (primary N) is 3. The monoisotopic (exact) mass is 181 g/mol. The lowest BCUT2D eigenvalue weighted by molar-refractivity contribution is -0.506. The van der Waals surface area contributed by atoms with Crippen molar-refractivity contribution in [3.8, 4) is 0 Å². The van der Waals surface area contributed by atoms with E-state index in [4.69, 9.17) is 17.2 Å². The standard InChI is InChI=1S/C4H15N3O3Si/c5-4(6,7)1-2-8-10-9-3-11/h1-3,5-7H2,11H3. The van der Waals surface area contributed by atoms with E-state index in [-0.39, 0.29) is 6.61 Å². The Morgan fingerprint density at radius 1 is 1.18 bits per heavy atom. The lowest BCUT2D eigenvalue weighted by Gasteiger charge is -2.16. The van der Waals surface area contributed by atoms with E-state index in [2.05, 4.69) is 14.8 Å². The molecule has 7 heteroatoms. The van der Waals surface area contributed by atoms with Gasteiger partial charge in [-0.05, 0) is 0 Å². The molecule has 6 N–H and O–H groups in total. The summed E-state index contributed by atoms with van der Waals surface area (Å²) in [6.07, 6.45) is 0.858. The average molecular weight is 181 g/mol. The molecule has 0 atom stereocenters. The maximum atomic E-state index is 5.24. The minimum Gasteiger partial charge on any atom is -0.301 e. The van der Waals surface area contributed by atoms with Crippen LogP contribution in [0.2, 0.25) is 0 Å². The van der Waals surface area contributed by atoms with Gasteiger partial charge in [-0.15, -0.1) is 0 Å². The van der Waals surface area contributed by atoms with Crippen molar-refractivity contribution in [1.82, 2.24) is 0 Å². The average Bonchev–Trinajstić information content (AvgIpc) is 1.85. The van der Waals surface area contributed by atoms with Crippen LogP contribution >= 0.6 is 0 Å². The molecule has 0 aromatic rings. The Hall–Kier alpha value is -0.0231. The molecule has 0 aromatic carbocycles. The first-order valence-corrected chi connectivity index (χ1v) is 4.75. The normalized spacial score (nSPS) is 12.3. The topological polar surface area (TPSA) is 106 Å². The molecule has 0 aliphatic rings. The van der Waals surface area contributed by atoms with Gasteiger partial charge in [-0.3, -0.25) is 0 Å². The molecule has 0 aliphatic carbocycles.